The van der Waals surface area contributed by atoms with Crippen LogP contribution in [-0.2, 0) is 4.74 Å². The van der Waals surface area contributed by atoms with Crippen LogP contribution in [0.2, 0.25) is 0 Å². The summed E-state index contributed by atoms with van der Waals surface area (Å²) in [6, 6.07) is 0. The van der Waals surface area contributed by atoms with Gasteiger partial charge in [0.2, 0.25) is 0 Å². The summed E-state index contributed by atoms with van der Waals surface area (Å²) in [5.74, 6) is 0. The molecule has 2 heterocycles. The second-order valence-corrected chi connectivity index (χ2v) is 8.59. The number of hydrogen-bond donors (Lipinski definition) is 0. The number of nitrogens with zero attached hydrogens (tertiary/aromatic N) is 4. The average Bonchev–Trinajstić information content (AvgIpc) is 2.60. The Kier molecular flexibility index (Phi) is 9.14. The highest BCUT2D eigenvalue weighted by Gasteiger charge is 2.25. The van der Waals surface area contributed by atoms with Crippen LogP contribution in [0.1, 0.15) is 40.5 Å². The van der Waals surface area contributed by atoms with E-state index in [-0.39, 0.29) is 0 Å². The molecule has 0 aliphatic carbocycles. The summed E-state index contributed by atoms with van der Waals surface area (Å²) in [6.07, 6.45) is 2.49. The third-order valence-electron chi connectivity index (χ3n) is 5.70. The largest absolute Gasteiger partial charge is 0.382 e. The molecule has 148 valence electrons. The second-order valence-electron chi connectivity index (χ2n) is 8.59. The quantitative estimate of drug-likeness (QED) is 0.588. The first-order chi connectivity index (χ1) is 12.0. The summed E-state index contributed by atoms with van der Waals surface area (Å²) >= 11 is 0. The van der Waals surface area contributed by atoms with Gasteiger partial charge in [0.05, 0.1) is 0 Å². The molecule has 2 aliphatic rings. The summed E-state index contributed by atoms with van der Waals surface area (Å²) in [4.78, 5) is 10.5. The zero-order valence-corrected chi connectivity index (χ0v) is 17.3. The highest BCUT2D eigenvalue weighted by atomic mass is 16.5. The van der Waals surface area contributed by atoms with E-state index in [4.69, 9.17) is 4.74 Å². The normalized spacial score (nSPS) is 22.6. The first-order valence-electron chi connectivity index (χ1n) is 10.5. The van der Waals surface area contributed by atoms with Crippen LogP contribution in [0.15, 0.2) is 0 Å². The van der Waals surface area contributed by atoms with Gasteiger partial charge in [-0.05, 0) is 53.6 Å². The number of piperazine rings is 2. The SMILES string of the molecule is CCOCCCN1CCN(CCCN2CCN(C(C)(C)C)CC2)CC1. The van der Waals surface area contributed by atoms with Crippen LogP contribution in [0.5, 0.6) is 0 Å². The van der Waals surface area contributed by atoms with E-state index in [1.54, 1.807) is 0 Å². The van der Waals surface area contributed by atoms with Crippen molar-refractivity contribution in [2.24, 2.45) is 0 Å². The fraction of sp³-hybridized carbons (Fsp3) is 1.00. The predicted molar refractivity (Wildman–Crippen MR) is 106 cm³/mol. The highest BCUT2D eigenvalue weighted by molar-refractivity contribution is 4.82. The smallest absolute Gasteiger partial charge is 0.0478 e. The zero-order valence-electron chi connectivity index (χ0n) is 17.3. The van der Waals surface area contributed by atoms with Crippen LogP contribution >= 0.6 is 0 Å². The van der Waals surface area contributed by atoms with Gasteiger partial charge in [0.15, 0.2) is 0 Å². The highest BCUT2D eigenvalue weighted by Crippen LogP contribution is 2.15. The Morgan fingerprint density at radius 3 is 1.56 bits per heavy atom. The molecule has 0 aromatic carbocycles. The van der Waals surface area contributed by atoms with Crippen LogP contribution in [0.4, 0.5) is 0 Å². The molecular formula is C20H42N4O. The molecule has 0 saturated carbocycles. The molecule has 0 bridgehead atoms. The van der Waals surface area contributed by atoms with E-state index < -0.39 is 0 Å². The minimum absolute atomic E-state index is 0.328. The van der Waals surface area contributed by atoms with Crippen molar-refractivity contribution >= 4 is 0 Å². The molecule has 2 aliphatic heterocycles. The Balaban J connectivity index is 1.50. The van der Waals surface area contributed by atoms with Gasteiger partial charge in [0, 0.05) is 77.7 Å². The maximum absolute atomic E-state index is 5.44. The first kappa shape index (κ1) is 21.1. The van der Waals surface area contributed by atoms with Crippen molar-refractivity contribution in [1.82, 2.24) is 19.6 Å². The minimum atomic E-state index is 0.328. The minimum Gasteiger partial charge on any atom is -0.382 e. The van der Waals surface area contributed by atoms with Crippen LogP contribution in [-0.4, -0.2) is 110 Å². The van der Waals surface area contributed by atoms with Crippen molar-refractivity contribution in [3.8, 4) is 0 Å². The van der Waals surface area contributed by atoms with Crippen molar-refractivity contribution in [1.29, 1.82) is 0 Å². The van der Waals surface area contributed by atoms with Gasteiger partial charge >= 0.3 is 0 Å². The molecule has 0 atom stereocenters. The first-order valence-corrected chi connectivity index (χ1v) is 10.5. The maximum atomic E-state index is 5.44. The van der Waals surface area contributed by atoms with E-state index in [1.807, 2.05) is 0 Å². The summed E-state index contributed by atoms with van der Waals surface area (Å²) in [6.45, 7) is 24.5. The number of rotatable bonds is 9. The Bertz CT molecular complexity index is 342. The molecule has 0 spiro atoms. The number of ether oxygens (including phenoxy) is 1. The van der Waals surface area contributed by atoms with Crippen LogP contribution in [0, 0.1) is 0 Å². The van der Waals surface area contributed by atoms with Gasteiger partial charge in [-0.2, -0.15) is 0 Å². The maximum Gasteiger partial charge on any atom is 0.0478 e. The topological polar surface area (TPSA) is 22.2 Å². The fourth-order valence-corrected chi connectivity index (χ4v) is 3.93. The van der Waals surface area contributed by atoms with Crippen LogP contribution in [0.3, 0.4) is 0 Å². The molecular weight excluding hydrogens is 312 g/mol. The molecule has 2 rings (SSSR count). The van der Waals surface area contributed by atoms with E-state index in [0.717, 1.165) is 13.2 Å². The lowest BCUT2D eigenvalue weighted by molar-refractivity contribution is 0.0585. The van der Waals surface area contributed by atoms with Crippen molar-refractivity contribution in [3.63, 3.8) is 0 Å². The average molecular weight is 355 g/mol. The van der Waals surface area contributed by atoms with Gasteiger partial charge in [-0.3, -0.25) is 4.90 Å². The summed E-state index contributed by atoms with van der Waals surface area (Å²) in [5.41, 5.74) is 0.328. The molecule has 0 unspecified atom stereocenters. The lowest BCUT2D eigenvalue weighted by Crippen LogP contribution is -2.53. The third-order valence-corrected chi connectivity index (χ3v) is 5.70. The molecule has 0 N–H and O–H groups in total. The van der Waals surface area contributed by atoms with Crippen molar-refractivity contribution in [2.75, 3.05) is 85.2 Å². The van der Waals surface area contributed by atoms with Gasteiger partial charge in [-0.25, -0.2) is 0 Å². The molecule has 0 radical (unpaired) electrons. The van der Waals surface area contributed by atoms with Gasteiger partial charge in [0.1, 0.15) is 0 Å². The summed E-state index contributed by atoms with van der Waals surface area (Å²) < 4.78 is 5.44. The Morgan fingerprint density at radius 1 is 0.680 bits per heavy atom. The molecule has 0 aromatic heterocycles. The molecule has 5 nitrogen and oxygen atoms in total. The van der Waals surface area contributed by atoms with E-state index in [0.29, 0.717) is 5.54 Å². The summed E-state index contributed by atoms with van der Waals surface area (Å²) in [7, 11) is 0. The lowest BCUT2D eigenvalue weighted by Gasteiger charge is -2.42. The molecule has 0 amide bonds. The van der Waals surface area contributed by atoms with Crippen molar-refractivity contribution < 1.29 is 4.74 Å². The van der Waals surface area contributed by atoms with E-state index in [2.05, 4.69) is 47.3 Å². The monoisotopic (exact) mass is 354 g/mol. The van der Waals surface area contributed by atoms with Crippen molar-refractivity contribution in [3.05, 3.63) is 0 Å². The Morgan fingerprint density at radius 2 is 1.12 bits per heavy atom. The zero-order chi connectivity index (χ0) is 18.1. The molecule has 2 saturated heterocycles. The van der Waals surface area contributed by atoms with E-state index in [9.17, 15) is 0 Å². The van der Waals surface area contributed by atoms with Crippen molar-refractivity contribution in [2.45, 2.75) is 46.1 Å². The van der Waals surface area contributed by atoms with Crippen LogP contribution in [0.25, 0.3) is 0 Å². The molecule has 25 heavy (non-hydrogen) atoms. The van der Waals surface area contributed by atoms with E-state index in [1.165, 1.54) is 84.8 Å². The van der Waals surface area contributed by atoms with Gasteiger partial charge in [-0.15, -0.1) is 0 Å². The Labute approximate surface area is 156 Å². The van der Waals surface area contributed by atoms with Gasteiger partial charge in [-0.1, -0.05) is 0 Å². The third kappa shape index (κ3) is 7.92. The van der Waals surface area contributed by atoms with Gasteiger partial charge < -0.3 is 19.4 Å². The van der Waals surface area contributed by atoms with Gasteiger partial charge in [0.25, 0.3) is 0 Å². The Hall–Kier alpha value is -0.200. The molecule has 0 aromatic rings. The second kappa shape index (κ2) is 10.8. The fourth-order valence-electron chi connectivity index (χ4n) is 3.93. The van der Waals surface area contributed by atoms with E-state index >= 15 is 0 Å². The molecule has 5 heteroatoms. The summed E-state index contributed by atoms with van der Waals surface area (Å²) in [5, 5.41) is 0. The van der Waals surface area contributed by atoms with Crippen LogP contribution < -0.4 is 0 Å². The lowest BCUT2D eigenvalue weighted by atomic mass is 10.0. The standard InChI is InChI=1S/C20H42N4O/c1-5-25-19-7-10-23-13-11-21(12-14-23)8-6-9-22-15-17-24(18-16-22)20(2,3)4/h5-19H2,1-4H3. The number of hydrogen-bond acceptors (Lipinski definition) is 5. The predicted octanol–water partition coefficient (Wildman–Crippen LogP) is 1.84. The molecule has 2 fully saturated rings.